The van der Waals surface area contributed by atoms with Crippen LogP contribution in [0.3, 0.4) is 0 Å². The third-order valence-electron chi connectivity index (χ3n) is 4.25. The minimum absolute atomic E-state index is 0.0279. The Balaban J connectivity index is 1.69. The predicted molar refractivity (Wildman–Crippen MR) is 88.9 cm³/mol. The van der Waals surface area contributed by atoms with Gasteiger partial charge in [0.1, 0.15) is 0 Å². The van der Waals surface area contributed by atoms with Gasteiger partial charge in [0.15, 0.2) is 0 Å². The summed E-state index contributed by atoms with van der Waals surface area (Å²) in [7, 11) is 0. The Bertz CT molecular complexity index is 687. The Morgan fingerprint density at radius 2 is 2.09 bits per heavy atom. The van der Waals surface area contributed by atoms with Crippen molar-refractivity contribution in [2.75, 3.05) is 19.8 Å². The summed E-state index contributed by atoms with van der Waals surface area (Å²) < 4.78 is 7.21. The van der Waals surface area contributed by atoms with Gasteiger partial charge in [-0.25, -0.2) is 4.68 Å². The molecule has 2 heterocycles. The van der Waals surface area contributed by atoms with Crippen LogP contribution < -0.4 is 5.32 Å². The van der Waals surface area contributed by atoms with E-state index >= 15 is 0 Å². The Morgan fingerprint density at radius 1 is 1.30 bits per heavy atom. The summed E-state index contributed by atoms with van der Waals surface area (Å²) in [5.74, 6) is 0.492. The van der Waals surface area contributed by atoms with Crippen molar-refractivity contribution >= 4 is 5.91 Å². The molecule has 5 nitrogen and oxygen atoms in total. The van der Waals surface area contributed by atoms with Gasteiger partial charge in [-0.2, -0.15) is 5.10 Å². The molecule has 1 amide bonds. The van der Waals surface area contributed by atoms with Gasteiger partial charge >= 0.3 is 0 Å². The van der Waals surface area contributed by atoms with E-state index in [1.54, 1.807) is 0 Å². The second-order valence-electron chi connectivity index (χ2n) is 6.16. The maximum absolute atomic E-state index is 12.4. The first kappa shape index (κ1) is 15.7. The predicted octanol–water partition coefficient (Wildman–Crippen LogP) is 2.65. The number of rotatable bonds is 4. The number of aromatic nitrogens is 2. The molecule has 0 aliphatic carbocycles. The number of benzene rings is 1. The molecule has 0 spiro atoms. The summed E-state index contributed by atoms with van der Waals surface area (Å²) in [5, 5.41) is 7.51. The molecule has 3 rings (SSSR count). The lowest BCUT2D eigenvalue weighted by molar-refractivity contribution is 0.0642. The van der Waals surface area contributed by atoms with Gasteiger partial charge in [0.25, 0.3) is 5.91 Å². The van der Waals surface area contributed by atoms with Crippen molar-refractivity contribution in [2.24, 2.45) is 5.92 Å². The molecule has 0 saturated carbocycles. The van der Waals surface area contributed by atoms with E-state index in [0.29, 0.717) is 18.0 Å². The highest BCUT2D eigenvalue weighted by molar-refractivity contribution is 5.94. The van der Waals surface area contributed by atoms with Gasteiger partial charge in [-0.05, 0) is 56.9 Å². The lowest BCUT2D eigenvalue weighted by Crippen LogP contribution is -2.32. The molecule has 0 bridgehead atoms. The number of amides is 1. The fraction of sp³-hybridized carbons (Fsp3) is 0.444. The normalized spacial score (nSPS) is 15.6. The minimum Gasteiger partial charge on any atom is -0.381 e. The van der Waals surface area contributed by atoms with E-state index in [9.17, 15) is 4.79 Å². The first-order chi connectivity index (χ1) is 11.1. The van der Waals surface area contributed by atoms with Crippen LogP contribution in [0.4, 0.5) is 0 Å². The molecule has 1 aliphatic heterocycles. The zero-order valence-electron chi connectivity index (χ0n) is 13.7. The summed E-state index contributed by atoms with van der Waals surface area (Å²) in [6.45, 7) is 6.29. The first-order valence-corrected chi connectivity index (χ1v) is 8.13. The van der Waals surface area contributed by atoms with Crippen molar-refractivity contribution in [1.29, 1.82) is 0 Å². The molecule has 1 aliphatic rings. The van der Waals surface area contributed by atoms with Crippen LogP contribution in [0.15, 0.2) is 30.3 Å². The second kappa shape index (κ2) is 6.96. The molecule has 0 unspecified atom stereocenters. The van der Waals surface area contributed by atoms with Gasteiger partial charge < -0.3 is 10.1 Å². The maximum atomic E-state index is 12.4. The summed E-state index contributed by atoms with van der Waals surface area (Å²) in [6, 6.07) is 9.62. The third-order valence-corrected chi connectivity index (χ3v) is 4.25. The van der Waals surface area contributed by atoms with Crippen molar-refractivity contribution in [3.63, 3.8) is 0 Å². The van der Waals surface area contributed by atoms with Crippen LogP contribution in [0.1, 0.15) is 34.6 Å². The molecular formula is C18H23N3O2. The van der Waals surface area contributed by atoms with Crippen molar-refractivity contribution in [1.82, 2.24) is 15.1 Å². The largest absolute Gasteiger partial charge is 0.381 e. The van der Waals surface area contributed by atoms with Crippen LogP contribution in [0.2, 0.25) is 0 Å². The monoisotopic (exact) mass is 313 g/mol. The Hall–Kier alpha value is -2.14. The smallest absolute Gasteiger partial charge is 0.251 e. The van der Waals surface area contributed by atoms with Gasteiger partial charge in [-0.15, -0.1) is 0 Å². The van der Waals surface area contributed by atoms with Crippen molar-refractivity contribution in [2.45, 2.75) is 26.7 Å². The molecular weight excluding hydrogens is 290 g/mol. The molecule has 1 aromatic carbocycles. The van der Waals surface area contributed by atoms with Gasteiger partial charge in [0.05, 0.1) is 11.4 Å². The number of carbonyl (C=O) groups is 1. The average Bonchev–Trinajstić information content (AvgIpc) is 2.92. The first-order valence-electron chi connectivity index (χ1n) is 8.13. The summed E-state index contributed by atoms with van der Waals surface area (Å²) in [6.07, 6.45) is 2.04. The Labute approximate surface area is 136 Å². The molecule has 1 saturated heterocycles. The molecule has 1 fully saturated rings. The van der Waals surface area contributed by atoms with E-state index in [1.807, 2.05) is 48.9 Å². The van der Waals surface area contributed by atoms with Crippen LogP contribution in [0.5, 0.6) is 0 Å². The lowest BCUT2D eigenvalue weighted by Gasteiger charge is -2.22. The van der Waals surface area contributed by atoms with Gasteiger partial charge in [0.2, 0.25) is 0 Å². The number of nitrogens with one attached hydrogen (secondary N) is 1. The van der Waals surface area contributed by atoms with E-state index in [4.69, 9.17) is 4.74 Å². The van der Waals surface area contributed by atoms with Gasteiger partial charge in [0, 0.05) is 31.0 Å². The number of carbonyl (C=O) groups excluding carboxylic acids is 1. The van der Waals surface area contributed by atoms with E-state index in [-0.39, 0.29) is 5.91 Å². The Morgan fingerprint density at radius 3 is 2.78 bits per heavy atom. The maximum Gasteiger partial charge on any atom is 0.251 e. The van der Waals surface area contributed by atoms with E-state index in [2.05, 4.69) is 10.4 Å². The Kier molecular flexibility index (Phi) is 4.76. The number of ether oxygens (including phenoxy) is 1. The van der Waals surface area contributed by atoms with Gasteiger partial charge in [-0.3, -0.25) is 4.79 Å². The van der Waals surface area contributed by atoms with Crippen LogP contribution >= 0.6 is 0 Å². The molecule has 1 aromatic heterocycles. The molecule has 23 heavy (non-hydrogen) atoms. The van der Waals surface area contributed by atoms with Crippen LogP contribution in [0, 0.1) is 19.8 Å². The van der Waals surface area contributed by atoms with Crippen LogP contribution in [-0.4, -0.2) is 35.4 Å². The summed E-state index contributed by atoms with van der Waals surface area (Å²) in [5.41, 5.74) is 3.61. The quantitative estimate of drug-likeness (QED) is 0.944. The summed E-state index contributed by atoms with van der Waals surface area (Å²) >= 11 is 0. The number of nitrogens with zero attached hydrogens (tertiary/aromatic N) is 2. The fourth-order valence-corrected chi connectivity index (χ4v) is 2.96. The SMILES string of the molecule is Cc1cc(C)n(-c2cccc(C(=O)NCC3CCOCC3)c2)n1. The highest BCUT2D eigenvalue weighted by Crippen LogP contribution is 2.15. The number of hydrogen-bond acceptors (Lipinski definition) is 3. The lowest BCUT2D eigenvalue weighted by atomic mass is 10.0. The average molecular weight is 313 g/mol. The van der Waals surface area contributed by atoms with E-state index in [0.717, 1.165) is 43.1 Å². The number of hydrogen-bond donors (Lipinski definition) is 1. The molecule has 122 valence electrons. The summed E-state index contributed by atoms with van der Waals surface area (Å²) in [4.78, 5) is 12.4. The topological polar surface area (TPSA) is 56.2 Å². The van der Waals surface area contributed by atoms with Crippen LogP contribution in [-0.2, 0) is 4.74 Å². The second-order valence-corrected chi connectivity index (χ2v) is 6.16. The standard InChI is InChI=1S/C18H23N3O2/c1-13-10-14(2)21(20-13)17-5-3-4-16(11-17)18(22)19-12-15-6-8-23-9-7-15/h3-5,10-11,15H,6-9,12H2,1-2H3,(H,19,22). The molecule has 2 aromatic rings. The number of aryl methyl sites for hydroxylation is 2. The van der Waals surface area contributed by atoms with Crippen molar-refractivity contribution in [3.8, 4) is 5.69 Å². The molecule has 0 atom stereocenters. The van der Waals surface area contributed by atoms with Crippen molar-refractivity contribution in [3.05, 3.63) is 47.3 Å². The molecule has 5 heteroatoms. The van der Waals surface area contributed by atoms with Crippen LogP contribution in [0.25, 0.3) is 5.69 Å². The third kappa shape index (κ3) is 3.79. The fourth-order valence-electron chi connectivity index (χ4n) is 2.96. The highest BCUT2D eigenvalue weighted by Gasteiger charge is 2.15. The zero-order chi connectivity index (χ0) is 16.2. The molecule has 0 radical (unpaired) electrons. The van der Waals surface area contributed by atoms with Crippen molar-refractivity contribution < 1.29 is 9.53 Å². The van der Waals surface area contributed by atoms with E-state index < -0.39 is 0 Å². The highest BCUT2D eigenvalue weighted by atomic mass is 16.5. The minimum atomic E-state index is -0.0279. The van der Waals surface area contributed by atoms with Gasteiger partial charge in [-0.1, -0.05) is 6.07 Å². The van der Waals surface area contributed by atoms with E-state index in [1.165, 1.54) is 0 Å². The molecule has 1 N–H and O–H groups in total. The zero-order valence-corrected chi connectivity index (χ0v) is 13.7.